The van der Waals surface area contributed by atoms with Crippen LogP contribution in [-0.4, -0.2) is 28.3 Å². The molecule has 1 atom stereocenters. The molecule has 23 heavy (non-hydrogen) atoms. The highest BCUT2D eigenvalue weighted by atomic mass is 16.2. The number of benzene rings is 1. The zero-order valence-corrected chi connectivity index (χ0v) is 15.1. The molecule has 4 heteroatoms. The molecule has 0 bridgehead atoms. The van der Waals surface area contributed by atoms with Gasteiger partial charge in [-0.3, -0.25) is 9.59 Å². The van der Waals surface area contributed by atoms with Gasteiger partial charge in [-0.15, -0.1) is 0 Å². The fourth-order valence-electron chi connectivity index (χ4n) is 2.85. The van der Waals surface area contributed by atoms with Crippen LogP contribution in [0.3, 0.4) is 0 Å². The van der Waals surface area contributed by atoms with E-state index in [2.05, 4.69) is 5.32 Å². The Morgan fingerprint density at radius 1 is 1.04 bits per heavy atom. The number of fused-ring (bicyclic) bond motifs is 1. The Bertz CT molecular complexity index is 609. The van der Waals surface area contributed by atoms with E-state index in [9.17, 15) is 9.59 Å². The second kappa shape index (κ2) is 5.99. The summed E-state index contributed by atoms with van der Waals surface area (Å²) in [7, 11) is 0. The SMILES string of the molecule is CC(C)(C)NC(=O)C1Cc2ccccc2CN1C(=O)C(C)(C)C. The summed E-state index contributed by atoms with van der Waals surface area (Å²) < 4.78 is 0. The van der Waals surface area contributed by atoms with Crippen LogP contribution in [-0.2, 0) is 22.6 Å². The van der Waals surface area contributed by atoms with Gasteiger partial charge in [0.1, 0.15) is 6.04 Å². The maximum absolute atomic E-state index is 12.9. The van der Waals surface area contributed by atoms with E-state index in [1.165, 1.54) is 0 Å². The highest BCUT2D eigenvalue weighted by molar-refractivity contribution is 5.90. The minimum absolute atomic E-state index is 0.0149. The first-order chi connectivity index (χ1) is 10.5. The number of hydrogen-bond donors (Lipinski definition) is 1. The minimum Gasteiger partial charge on any atom is -0.350 e. The Labute approximate surface area is 139 Å². The van der Waals surface area contributed by atoms with Crippen LogP contribution in [0.15, 0.2) is 24.3 Å². The van der Waals surface area contributed by atoms with E-state index in [4.69, 9.17) is 0 Å². The minimum atomic E-state index is -0.507. The Hall–Kier alpha value is -1.84. The van der Waals surface area contributed by atoms with Gasteiger partial charge in [-0.25, -0.2) is 0 Å². The molecule has 0 radical (unpaired) electrons. The zero-order chi connectivity index (χ0) is 17.4. The number of hydrogen-bond acceptors (Lipinski definition) is 2. The van der Waals surface area contributed by atoms with Crippen LogP contribution < -0.4 is 5.32 Å². The maximum Gasteiger partial charge on any atom is 0.243 e. The van der Waals surface area contributed by atoms with E-state index in [-0.39, 0.29) is 17.4 Å². The molecule has 1 N–H and O–H groups in total. The third kappa shape index (κ3) is 4.12. The Morgan fingerprint density at radius 2 is 1.61 bits per heavy atom. The van der Waals surface area contributed by atoms with Crippen LogP contribution in [0.25, 0.3) is 0 Å². The van der Waals surface area contributed by atoms with Crippen molar-refractivity contribution in [1.29, 1.82) is 0 Å². The lowest BCUT2D eigenvalue weighted by Gasteiger charge is -2.40. The van der Waals surface area contributed by atoms with Gasteiger partial charge in [0.25, 0.3) is 0 Å². The summed E-state index contributed by atoms with van der Waals surface area (Å²) in [5, 5.41) is 3.02. The molecular weight excluding hydrogens is 288 g/mol. The second-order valence-electron chi connectivity index (χ2n) is 8.41. The molecular formula is C19H28N2O2. The molecule has 4 nitrogen and oxygen atoms in total. The summed E-state index contributed by atoms with van der Waals surface area (Å²) in [6.07, 6.45) is 0.569. The highest BCUT2D eigenvalue weighted by Gasteiger charge is 2.39. The van der Waals surface area contributed by atoms with Crippen LogP contribution in [0.5, 0.6) is 0 Å². The average molecular weight is 316 g/mol. The molecule has 1 aliphatic rings. The summed E-state index contributed by atoms with van der Waals surface area (Å²) in [5.41, 5.74) is 1.46. The van der Waals surface area contributed by atoms with Crippen LogP contribution >= 0.6 is 0 Å². The molecule has 1 aliphatic heterocycles. The largest absolute Gasteiger partial charge is 0.350 e. The van der Waals surface area contributed by atoms with Gasteiger partial charge in [0, 0.05) is 23.9 Å². The predicted molar refractivity (Wildman–Crippen MR) is 91.8 cm³/mol. The molecule has 1 aromatic carbocycles. The first kappa shape index (κ1) is 17.5. The van der Waals surface area contributed by atoms with E-state index >= 15 is 0 Å². The van der Waals surface area contributed by atoms with Gasteiger partial charge in [0.2, 0.25) is 11.8 Å². The Balaban J connectivity index is 2.35. The monoisotopic (exact) mass is 316 g/mol. The van der Waals surface area contributed by atoms with Crippen molar-refractivity contribution in [3.63, 3.8) is 0 Å². The summed E-state index contributed by atoms with van der Waals surface area (Å²) >= 11 is 0. The molecule has 126 valence electrons. The highest BCUT2D eigenvalue weighted by Crippen LogP contribution is 2.28. The van der Waals surface area contributed by atoms with Crippen LogP contribution in [0.4, 0.5) is 0 Å². The summed E-state index contributed by atoms with van der Waals surface area (Å²) in [6.45, 7) is 12.1. The van der Waals surface area contributed by atoms with Gasteiger partial charge in [-0.05, 0) is 31.9 Å². The van der Waals surface area contributed by atoms with Crippen LogP contribution in [0, 0.1) is 5.41 Å². The molecule has 0 aliphatic carbocycles. The topological polar surface area (TPSA) is 49.4 Å². The van der Waals surface area contributed by atoms with Gasteiger partial charge in [-0.2, -0.15) is 0 Å². The van der Waals surface area contributed by atoms with E-state index in [0.29, 0.717) is 13.0 Å². The molecule has 0 spiro atoms. The van der Waals surface area contributed by atoms with Crippen molar-refractivity contribution in [3.05, 3.63) is 35.4 Å². The Morgan fingerprint density at radius 3 is 2.13 bits per heavy atom. The third-order valence-electron chi connectivity index (χ3n) is 3.95. The smallest absolute Gasteiger partial charge is 0.243 e. The van der Waals surface area contributed by atoms with E-state index in [0.717, 1.165) is 11.1 Å². The van der Waals surface area contributed by atoms with Crippen LogP contribution in [0.1, 0.15) is 52.7 Å². The van der Waals surface area contributed by atoms with Crippen molar-refractivity contribution in [2.24, 2.45) is 5.41 Å². The lowest BCUT2D eigenvalue weighted by molar-refractivity contribution is -0.148. The van der Waals surface area contributed by atoms with Crippen molar-refractivity contribution in [2.45, 2.75) is 66.1 Å². The van der Waals surface area contributed by atoms with Gasteiger partial charge in [0.05, 0.1) is 0 Å². The van der Waals surface area contributed by atoms with Gasteiger partial charge >= 0.3 is 0 Å². The van der Waals surface area contributed by atoms with Gasteiger partial charge < -0.3 is 10.2 Å². The maximum atomic E-state index is 12.9. The molecule has 0 aromatic heterocycles. The zero-order valence-electron chi connectivity index (χ0n) is 15.1. The standard InChI is InChI=1S/C19H28N2O2/c1-18(2,3)17(23)21-12-14-10-8-7-9-13(14)11-15(21)16(22)20-19(4,5)6/h7-10,15H,11-12H2,1-6H3,(H,20,22). The Kier molecular flexibility index (Phi) is 4.56. The number of nitrogens with one attached hydrogen (secondary N) is 1. The second-order valence-corrected chi connectivity index (χ2v) is 8.41. The first-order valence-corrected chi connectivity index (χ1v) is 8.19. The predicted octanol–water partition coefficient (Wildman–Crippen LogP) is 2.90. The summed E-state index contributed by atoms with van der Waals surface area (Å²) in [6, 6.07) is 7.60. The lowest BCUT2D eigenvalue weighted by atomic mass is 9.88. The molecule has 2 amide bonds. The number of amides is 2. The quantitative estimate of drug-likeness (QED) is 0.866. The normalized spacial score (nSPS) is 18.3. The van der Waals surface area contributed by atoms with Crippen molar-refractivity contribution in [2.75, 3.05) is 0 Å². The average Bonchev–Trinajstić information content (AvgIpc) is 2.42. The first-order valence-electron chi connectivity index (χ1n) is 8.19. The molecule has 0 saturated heterocycles. The van der Waals surface area contributed by atoms with Gasteiger partial charge in [-0.1, -0.05) is 45.0 Å². The van der Waals surface area contributed by atoms with Crippen molar-refractivity contribution < 1.29 is 9.59 Å². The molecule has 1 aromatic rings. The fourth-order valence-corrected chi connectivity index (χ4v) is 2.85. The molecule has 0 saturated carbocycles. The number of carbonyl (C=O) groups is 2. The molecule has 1 heterocycles. The van der Waals surface area contributed by atoms with E-state index < -0.39 is 11.5 Å². The summed E-state index contributed by atoms with van der Waals surface area (Å²) in [4.78, 5) is 27.4. The third-order valence-corrected chi connectivity index (χ3v) is 3.95. The van der Waals surface area contributed by atoms with Crippen molar-refractivity contribution >= 4 is 11.8 Å². The van der Waals surface area contributed by atoms with Gasteiger partial charge in [0.15, 0.2) is 0 Å². The lowest BCUT2D eigenvalue weighted by Crippen LogP contribution is -2.57. The van der Waals surface area contributed by atoms with Crippen LogP contribution in [0.2, 0.25) is 0 Å². The number of carbonyl (C=O) groups excluding carboxylic acids is 2. The number of nitrogens with zero attached hydrogens (tertiary/aromatic N) is 1. The molecule has 1 unspecified atom stereocenters. The van der Waals surface area contributed by atoms with Crippen molar-refractivity contribution in [3.8, 4) is 0 Å². The molecule has 0 fully saturated rings. The van der Waals surface area contributed by atoms with E-state index in [1.54, 1.807) is 4.90 Å². The van der Waals surface area contributed by atoms with Crippen molar-refractivity contribution in [1.82, 2.24) is 10.2 Å². The van der Waals surface area contributed by atoms with E-state index in [1.807, 2.05) is 65.8 Å². The molecule has 2 rings (SSSR count). The summed E-state index contributed by atoms with van der Waals surface area (Å²) in [5.74, 6) is -0.0642. The fraction of sp³-hybridized carbons (Fsp3) is 0.579. The number of rotatable bonds is 1.